The molecule has 100 valence electrons. The Balaban J connectivity index is 1.81. The molecule has 0 spiro atoms. The van der Waals surface area contributed by atoms with Gasteiger partial charge in [0.1, 0.15) is 11.9 Å². The Labute approximate surface area is 115 Å². The van der Waals surface area contributed by atoms with Gasteiger partial charge in [-0.15, -0.1) is 0 Å². The highest BCUT2D eigenvalue weighted by atomic mass is 15.3. The zero-order valence-electron chi connectivity index (χ0n) is 11.7. The Bertz CT molecular complexity index is 472. The second-order valence-electron chi connectivity index (χ2n) is 6.28. The smallest absolute Gasteiger partial charge is 0.129 e. The van der Waals surface area contributed by atoms with Crippen LogP contribution in [0, 0.1) is 23.2 Å². The molecule has 19 heavy (non-hydrogen) atoms. The van der Waals surface area contributed by atoms with Crippen molar-refractivity contribution in [1.82, 2.24) is 4.98 Å². The number of fused-ring (bicyclic) bond motifs is 2. The van der Waals surface area contributed by atoms with Crippen LogP contribution in [0.4, 0.5) is 5.82 Å². The van der Waals surface area contributed by atoms with Gasteiger partial charge in [-0.1, -0.05) is 13.8 Å². The standard InChI is InChI=1S/C16H21N3/c1-11(2)13-7-14-4-5-15(8-13)19(14)16-6-3-12(9-17)10-18-16/h3,6,10-11,13-15H,4-5,7-8H2,1-2H3/t13-,14-,15+. The number of hydrogen-bond acceptors (Lipinski definition) is 3. The van der Waals surface area contributed by atoms with Gasteiger partial charge in [-0.2, -0.15) is 5.26 Å². The van der Waals surface area contributed by atoms with Crippen molar-refractivity contribution in [1.29, 1.82) is 5.26 Å². The molecule has 3 heterocycles. The molecule has 2 fully saturated rings. The summed E-state index contributed by atoms with van der Waals surface area (Å²) < 4.78 is 0. The number of rotatable bonds is 2. The molecule has 3 nitrogen and oxygen atoms in total. The van der Waals surface area contributed by atoms with E-state index in [0.717, 1.165) is 17.7 Å². The van der Waals surface area contributed by atoms with Gasteiger partial charge in [0, 0.05) is 18.3 Å². The van der Waals surface area contributed by atoms with Crippen LogP contribution in [0.5, 0.6) is 0 Å². The van der Waals surface area contributed by atoms with E-state index in [-0.39, 0.29) is 0 Å². The average molecular weight is 255 g/mol. The Morgan fingerprint density at radius 2 is 1.95 bits per heavy atom. The summed E-state index contributed by atoms with van der Waals surface area (Å²) in [6, 6.07) is 7.35. The van der Waals surface area contributed by atoms with Gasteiger partial charge in [-0.05, 0) is 49.7 Å². The third kappa shape index (κ3) is 2.20. The van der Waals surface area contributed by atoms with Crippen molar-refractivity contribution >= 4 is 5.82 Å². The van der Waals surface area contributed by atoms with Crippen molar-refractivity contribution in [2.24, 2.45) is 11.8 Å². The van der Waals surface area contributed by atoms with Gasteiger partial charge in [0.25, 0.3) is 0 Å². The highest BCUT2D eigenvalue weighted by Crippen LogP contribution is 2.43. The summed E-state index contributed by atoms with van der Waals surface area (Å²) in [5.74, 6) is 2.72. The fourth-order valence-electron chi connectivity index (χ4n) is 3.74. The Morgan fingerprint density at radius 3 is 2.42 bits per heavy atom. The van der Waals surface area contributed by atoms with Crippen LogP contribution in [0.25, 0.3) is 0 Å². The van der Waals surface area contributed by atoms with E-state index in [9.17, 15) is 0 Å². The summed E-state index contributed by atoms with van der Waals surface area (Å²) >= 11 is 0. The Kier molecular flexibility index (Phi) is 3.18. The van der Waals surface area contributed by atoms with E-state index in [1.165, 1.54) is 25.7 Å². The lowest BCUT2D eigenvalue weighted by Gasteiger charge is -2.41. The zero-order chi connectivity index (χ0) is 13.4. The lowest BCUT2D eigenvalue weighted by atomic mass is 9.82. The van der Waals surface area contributed by atoms with Gasteiger partial charge in [0.15, 0.2) is 0 Å². The molecule has 1 aromatic heterocycles. The second-order valence-corrected chi connectivity index (χ2v) is 6.28. The molecule has 0 saturated carbocycles. The van der Waals surface area contributed by atoms with Crippen LogP contribution in [-0.4, -0.2) is 17.1 Å². The molecule has 0 aliphatic carbocycles. The van der Waals surface area contributed by atoms with E-state index in [0.29, 0.717) is 17.6 Å². The van der Waals surface area contributed by atoms with Crippen LogP contribution < -0.4 is 4.90 Å². The predicted molar refractivity (Wildman–Crippen MR) is 75.8 cm³/mol. The first kappa shape index (κ1) is 12.5. The number of nitrogens with zero attached hydrogens (tertiary/aromatic N) is 3. The van der Waals surface area contributed by atoms with E-state index >= 15 is 0 Å². The minimum Gasteiger partial charge on any atom is -0.351 e. The first-order valence-electron chi connectivity index (χ1n) is 7.33. The van der Waals surface area contributed by atoms with Crippen molar-refractivity contribution in [2.45, 2.75) is 51.6 Å². The van der Waals surface area contributed by atoms with Gasteiger partial charge in [0.2, 0.25) is 0 Å². The first-order valence-corrected chi connectivity index (χ1v) is 7.33. The molecule has 3 heteroatoms. The molecule has 0 amide bonds. The normalized spacial score (nSPS) is 29.6. The van der Waals surface area contributed by atoms with Crippen molar-refractivity contribution in [2.75, 3.05) is 4.90 Å². The Hall–Kier alpha value is -1.56. The number of nitriles is 1. The summed E-state index contributed by atoms with van der Waals surface area (Å²) in [6.07, 6.45) is 6.90. The molecule has 2 bridgehead atoms. The molecule has 0 unspecified atom stereocenters. The van der Waals surface area contributed by atoms with E-state index in [4.69, 9.17) is 5.26 Å². The molecule has 3 rings (SSSR count). The predicted octanol–water partition coefficient (Wildman–Crippen LogP) is 3.36. The summed E-state index contributed by atoms with van der Waals surface area (Å²) in [5.41, 5.74) is 0.646. The van der Waals surface area contributed by atoms with Crippen LogP contribution in [0.1, 0.15) is 45.1 Å². The quantitative estimate of drug-likeness (QED) is 0.813. The largest absolute Gasteiger partial charge is 0.351 e. The molecule has 2 aliphatic heterocycles. The molecular weight excluding hydrogens is 234 g/mol. The van der Waals surface area contributed by atoms with Gasteiger partial charge in [0.05, 0.1) is 5.56 Å². The minimum atomic E-state index is 0.646. The molecule has 0 N–H and O–H groups in total. The molecule has 2 aliphatic rings. The minimum absolute atomic E-state index is 0.646. The van der Waals surface area contributed by atoms with Crippen molar-refractivity contribution < 1.29 is 0 Å². The van der Waals surface area contributed by atoms with Crippen LogP contribution >= 0.6 is 0 Å². The highest BCUT2D eigenvalue weighted by molar-refractivity contribution is 5.46. The number of anilines is 1. The molecule has 3 atom stereocenters. The van der Waals surface area contributed by atoms with Crippen molar-refractivity contribution in [3.05, 3.63) is 23.9 Å². The van der Waals surface area contributed by atoms with E-state index in [1.807, 2.05) is 12.1 Å². The van der Waals surface area contributed by atoms with Crippen LogP contribution in [0.2, 0.25) is 0 Å². The second kappa shape index (κ2) is 4.85. The number of hydrogen-bond donors (Lipinski definition) is 0. The lowest BCUT2D eigenvalue weighted by Crippen LogP contribution is -2.44. The monoisotopic (exact) mass is 255 g/mol. The summed E-state index contributed by atoms with van der Waals surface area (Å²) in [5, 5.41) is 8.85. The molecule has 0 radical (unpaired) electrons. The number of aromatic nitrogens is 1. The van der Waals surface area contributed by atoms with Gasteiger partial charge in [-0.25, -0.2) is 4.98 Å². The lowest BCUT2D eigenvalue weighted by molar-refractivity contribution is 0.267. The number of pyridine rings is 1. The van der Waals surface area contributed by atoms with Crippen LogP contribution in [-0.2, 0) is 0 Å². The zero-order valence-corrected chi connectivity index (χ0v) is 11.7. The maximum absolute atomic E-state index is 8.85. The summed E-state index contributed by atoms with van der Waals surface area (Å²) in [4.78, 5) is 7.00. The van der Waals surface area contributed by atoms with Crippen molar-refractivity contribution in [3.63, 3.8) is 0 Å². The Morgan fingerprint density at radius 1 is 1.26 bits per heavy atom. The fourth-order valence-corrected chi connectivity index (χ4v) is 3.74. The van der Waals surface area contributed by atoms with Gasteiger partial charge < -0.3 is 4.90 Å². The molecular formula is C16H21N3. The fraction of sp³-hybridized carbons (Fsp3) is 0.625. The average Bonchev–Trinajstić information content (AvgIpc) is 2.68. The first-order chi connectivity index (χ1) is 9.19. The SMILES string of the molecule is CC(C)[C@@H]1C[C@H]2CC[C@@H](C1)N2c1ccc(C#N)cn1. The maximum atomic E-state index is 8.85. The third-order valence-corrected chi connectivity index (χ3v) is 4.85. The molecule has 2 saturated heterocycles. The topological polar surface area (TPSA) is 39.9 Å². The van der Waals surface area contributed by atoms with Gasteiger partial charge in [-0.3, -0.25) is 0 Å². The van der Waals surface area contributed by atoms with E-state index in [1.54, 1.807) is 6.20 Å². The number of piperidine rings is 1. The summed E-state index contributed by atoms with van der Waals surface area (Å²) in [7, 11) is 0. The molecule has 0 aromatic carbocycles. The maximum Gasteiger partial charge on any atom is 0.129 e. The van der Waals surface area contributed by atoms with E-state index in [2.05, 4.69) is 29.8 Å². The van der Waals surface area contributed by atoms with Crippen molar-refractivity contribution in [3.8, 4) is 6.07 Å². The van der Waals surface area contributed by atoms with E-state index < -0.39 is 0 Å². The van der Waals surface area contributed by atoms with Crippen LogP contribution in [0.15, 0.2) is 18.3 Å². The third-order valence-electron chi connectivity index (χ3n) is 4.85. The summed E-state index contributed by atoms with van der Waals surface area (Å²) in [6.45, 7) is 4.69. The molecule has 1 aromatic rings. The van der Waals surface area contributed by atoms with Gasteiger partial charge >= 0.3 is 0 Å². The van der Waals surface area contributed by atoms with Crippen LogP contribution in [0.3, 0.4) is 0 Å². The highest BCUT2D eigenvalue weighted by Gasteiger charge is 2.41.